The fourth-order valence-electron chi connectivity index (χ4n) is 1.58. The maximum absolute atomic E-state index is 11.8. The number of carbonyl (C=O) groups is 2. The Bertz CT molecular complexity index is 468. The normalized spacial score (nSPS) is 11.9. The van der Waals surface area contributed by atoms with Crippen molar-refractivity contribution < 1.29 is 14.7 Å². The van der Waals surface area contributed by atoms with Gasteiger partial charge >= 0.3 is 5.97 Å². The summed E-state index contributed by atoms with van der Waals surface area (Å²) in [7, 11) is 0. The molecule has 0 spiro atoms. The van der Waals surface area contributed by atoms with E-state index in [0.717, 1.165) is 5.56 Å². The lowest BCUT2D eigenvalue weighted by Crippen LogP contribution is -2.30. The highest BCUT2D eigenvalue weighted by Crippen LogP contribution is 2.12. The number of hydrogen-bond acceptors (Lipinski definition) is 3. The van der Waals surface area contributed by atoms with Crippen LogP contribution in [0, 0.1) is 11.3 Å². The summed E-state index contributed by atoms with van der Waals surface area (Å²) < 4.78 is 0. The molecule has 0 saturated heterocycles. The van der Waals surface area contributed by atoms with Crippen LogP contribution in [0.5, 0.6) is 0 Å². The van der Waals surface area contributed by atoms with Crippen LogP contribution in [0.4, 0.5) is 0 Å². The molecule has 1 aromatic carbocycles. The Balaban J connectivity index is 2.73. The maximum atomic E-state index is 11.8. The van der Waals surface area contributed by atoms with Gasteiger partial charge in [0.2, 0.25) is 0 Å². The second-order valence-corrected chi connectivity index (χ2v) is 4.38. The van der Waals surface area contributed by atoms with Gasteiger partial charge in [-0.15, -0.1) is 0 Å². The smallest absolute Gasteiger partial charge is 0.312 e. The van der Waals surface area contributed by atoms with Crippen molar-refractivity contribution >= 4 is 29.1 Å². The molecule has 1 atom stereocenters. The van der Waals surface area contributed by atoms with Gasteiger partial charge in [-0.05, 0) is 24.1 Å². The summed E-state index contributed by atoms with van der Waals surface area (Å²) in [6.07, 6.45) is 0.264. The Morgan fingerprint density at radius 3 is 2.33 bits per heavy atom. The average Bonchev–Trinajstić information content (AvgIpc) is 2.32. The third-order valence-corrected chi connectivity index (χ3v) is 2.89. The highest BCUT2D eigenvalue weighted by atomic mass is 35.5. The fraction of sp³-hybridized carbons (Fsp3) is 0.308. The van der Waals surface area contributed by atoms with Crippen LogP contribution < -0.4 is 0 Å². The van der Waals surface area contributed by atoms with Gasteiger partial charge in [0.25, 0.3) is 0 Å². The first-order valence-electron chi connectivity index (χ1n) is 5.54. The quantitative estimate of drug-likeness (QED) is 0.778. The predicted octanol–water partition coefficient (Wildman–Crippen LogP) is 2.58. The van der Waals surface area contributed by atoms with E-state index in [1.54, 1.807) is 31.2 Å². The van der Waals surface area contributed by atoms with Crippen molar-refractivity contribution in [3.05, 3.63) is 34.9 Å². The zero-order chi connectivity index (χ0) is 13.7. The Labute approximate surface area is 110 Å². The molecule has 18 heavy (non-hydrogen) atoms. The summed E-state index contributed by atoms with van der Waals surface area (Å²) in [6, 6.07) is 6.69. The molecule has 0 saturated carbocycles. The molecule has 0 bridgehead atoms. The molecule has 1 aromatic rings. The number of nitrogens with one attached hydrogen (secondary N) is 1. The lowest BCUT2D eigenvalue weighted by atomic mass is 9.94. The first-order chi connectivity index (χ1) is 8.45. The van der Waals surface area contributed by atoms with E-state index in [1.807, 2.05) is 0 Å². The Kier molecular flexibility index (Phi) is 5.04. The monoisotopic (exact) mass is 267 g/mol. The van der Waals surface area contributed by atoms with Gasteiger partial charge in [0, 0.05) is 11.4 Å². The minimum atomic E-state index is -1.13. The van der Waals surface area contributed by atoms with Crippen LogP contribution in [0.2, 0.25) is 5.02 Å². The molecule has 1 rings (SSSR count). The third-order valence-electron chi connectivity index (χ3n) is 2.63. The molecule has 96 valence electrons. The van der Waals surface area contributed by atoms with Gasteiger partial charge in [0.15, 0.2) is 5.78 Å². The standard InChI is InChI=1S/C13H14ClNO3/c1-2-10(13(17)18)12(15)11(16)7-8-3-5-9(14)6-4-8/h3-6,10,15H,2,7H2,1H3,(H,17,18)/t10-/m0/s1. The van der Waals surface area contributed by atoms with Gasteiger partial charge in [-0.3, -0.25) is 9.59 Å². The number of carboxylic acids is 1. The van der Waals surface area contributed by atoms with Gasteiger partial charge in [0.1, 0.15) is 5.92 Å². The van der Waals surface area contributed by atoms with Crippen LogP contribution in [0.25, 0.3) is 0 Å². The number of benzene rings is 1. The van der Waals surface area contributed by atoms with E-state index in [2.05, 4.69) is 0 Å². The van der Waals surface area contributed by atoms with Crippen LogP contribution in [-0.4, -0.2) is 22.6 Å². The second-order valence-electron chi connectivity index (χ2n) is 3.94. The van der Waals surface area contributed by atoms with Gasteiger partial charge in [-0.2, -0.15) is 0 Å². The van der Waals surface area contributed by atoms with Crippen molar-refractivity contribution in [3.63, 3.8) is 0 Å². The minimum Gasteiger partial charge on any atom is -0.481 e. The number of aliphatic carboxylic acids is 1. The largest absolute Gasteiger partial charge is 0.481 e. The zero-order valence-corrected chi connectivity index (χ0v) is 10.7. The minimum absolute atomic E-state index is 0.0276. The van der Waals surface area contributed by atoms with Crippen molar-refractivity contribution in [2.45, 2.75) is 19.8 Å². The lowest BCUT2D eigenvalue weighted by Gasteiger charge is -2.10. The van der Waals surface area contributed by atoms with Crippen molar-refractivity contribution in [1.29, 1.82) is 5.41 Å². The van der Waals surface area contributed by atoms with Gasteiger partial charge < -0.3 is 10.5 Å². The highest BCUT2D eigenvalue weighted by molar-refractivity contribution is 6.42. The number of halogens is 1. The van der Waals surface area contributed by atoms with Gasteiger partial charge in [0.05, 0.1) is 5.71 Å². The zero-order valence-electron chi connectivity index (χ0n) is 9.94. The second kappa shape index (κ2) is 6.31. The summed E-state index contributed by atoms with van der Waals surface area (Å²) in [4.78, 5) is 22.6. The van der Waals surface area contributed by atoms with Crippen LogP contribution >= 0.6 is 11.6 Å². The molecule has 0 radical (unpaired) electrons. The first-order valence-corrected chi connectivity index (χ1v) is 5.92. The van der Waals surface area contributed by atoms with Crippen molar-refractivity contribution in [2.75, 3.05) is 0 Å². The van der Waals surface area contributed by atoms with E-state index in [-0.39, 0.29) is 18.6 Å². The first kappa shape index (κ1) is 14.4. The van der Waals surface area contributed by atoms with E-state index >= 15 is 0 Å². The topological polar surface area (TPSA) is 78.2 Å². The molecule has 0 unspecified atom stereocenters. The van der Waals surface area contributed by atoms with Crippen LogP contribution in [-0.2, 0) is 16.0 Å². The van der Waals surface area contributed by atoms with E-state index in [0.29, 0.717) is 5.02 Å². The fourth-order valence-corrected chi connectivity index (χ4v) is 1.71. The van der Waals surface area contributed by atoms with Crippen molar-refractivity contribution in [3.8, 4) is 0 Å². The van der Waals surface area contributed by atoms with Crippen molar-refractivity contribution in [2.24, 2.45) is 5.92 Å². The average molecular weight is 268 g/mol. The Morgan fingerprint density at radius 2 is 1.89 bits per heavy atom. The number of carboxylic acid groups (broad SMARTS) is 1. The molecule has 0 aliphatic carbocycles. The molecule has 2 N–H and O–H groups in total. The predicted molar refractivity (Wildman–Crippen MR) is 69.3 cm³/mol. The summed E-state index contributed by atoms with van der Waals surface area (Å²) in [5.41, 5.74) is 0.370. The molecule has 4 nitrogen and oxygen atoms in total. The number of ketones is 1. The Hall–Kier alpha value is -1.68. The summed E-state index contributed by atoms with van der Waals surface area (Å²) in [5, 5.41) is 17.1. The van der Waals surface area contributed by atoms with Crippen LogP contribution in [0.15, 0.2) is 24.3 Å². The number of hydrogen-bond donors (Lipinski definition) is 2. The molecule has 5 heteroatoms. The van der Waals surface area contributed by atoms with Gasteiger partial charge in [-0.1, -0.05) is 30.7 Å². The molecule has 0 aliphatic rings. The van der Waals surface area contributed by atoms with Crippen LogP contribution in [0.1, 0.15) is 18.9 Å². The van der Waals surface area contributed by atoms with E-state index in [4.69, 9.17) is 22.1 Å². The SMILES string of the molecule is CC[C@@H](C(=N)C(=O)Cc1ccc(Cl)cc1)C(=O)O. The highest BCUT2D eigenvalue weighted by Gasteiger charge is 2.25. The van der Waals surface area contributed by atoms with Crippen LogP contribution in [0.3, 0.4) is 0 Å². The molecule has 0 amide bonds. The summed E-state index contributed by atoms with van der Waals surface area (Å²) in [5.74, 6) is -2.62. The molecule has 0 aliphatic heterocycles. The Morgan fingerprint density at radius 1 is 1.33 bits per heavy atom. The van der Waals surface area contributed by atoms with E-state index < -0.39 is 17.7 Å². The van der Waals surface area contributed by atoms with Gasteiger partial charge in [-0.25, -0.2) is 0 Å². The molecule has 0 aromatic heterocycles. The third kappa shape index (κ3) is 3.67. The summed E-state index contributed by atoms with van der Waals surface area (Å²) in [6.45, 7) is 1.64. The molecular weight excluding hydrogens is 254 g/mol. The van der Waals surface area contributed by atoms with E-state index in [1.165, 1.54) is 0 Å². The molecule has 0 heterocycles. The maximum Gasteiger partial charge on any atom is 0.312 e. The van der Waals surface area contributed by atoms with Crippen molar-refractivity contribution in [1.82, 2.24) is 0 Å². The number of rotatable bonds is 6. The number of Topliss-reactive ketones (excluding diaryl/α,β-unsaturated/α-hetero) is 1. The number of carbonyl (C=O) groups excluding carboxylic acids is 1. The van der Waals surface area contributed by atoms with E-state index in [9.17, 15) is 9.59 Å². The summed E-state index contributed by atoms with van der Waals surface area (Å²) >= 11 is 5.72. The molecule has 0 fully saturated rings. The lowest BCUT2D eigenvalue weighted by molar-refractivity contribution is -0.139. The molecular formula is C13H14ClNO3.